The fourth-order valence-corrected chi connectivity index (χ4v) is 3.25. The molecule has 1 fully saturated rings. The lowest BCUT2D eigenvalue weighted by Gasteiger charge is -2.17. The molecule has 0 saturated heterocycles. The van der Waals surface area contributed by atoms with Crippen LogP contribution in [0.2, 0.25) is 0 Å². The van der Waals surface area contributed by atoms with Crippen molar-refractivity contribution in [1.29, 1.82) is 0 Å². The lowest BCUT2D eigenvalue weighted by atomic mass is 10.1. The molecule has 1 rings (SSSR count). The molecule has 4 nitrogen and oxygen atoms in total. The summed E-state index contributed by atoms with van der Waals surface area (Å²) in [7, 11) is 0. The lowest BCUT2D eigenvalue weighted by Crippen LogP contribution is -2.42. The molecule has 0 spiro atoms. The van der Waals surface area contributed by atoms with Crippen LogP contribution in [0.25, 0.3) is 0 Å². The summed E-state index contributed by atoms with van der Waals surface area (Å²) in [5.41, 5.74) is 0. The molecule has 1 aliphatic carbocycles. The highest BCUT2D eigenvalue weighted by molar-refractivity contribution is 7.99. The second-order valence-corrected chi connectivity index (χ2v) is 6.55. The zero-order valence-corrected chi connectivity index (χ0v) is 12.4. The van der Waals surface area contributed by atoms with Gasteiger partial charge >= 0.3 is 6.03 Å². The zero-order chi connectivity index (χ0) is 13.5. The number of hydrogen-bond donors (Lipinski definition) is 3. The molecule has 0 heterocycles. The fourth-order valence-electron chi connectivity index (χ4n) is 2.45. The van der Waals surface area contributed by atoms with Crippen molar-refractivity contribution in [2.75, 3.05) is 12.8 Å². The van der Waals surface area contributed by atoms with Gasteiger partial charge in [0.15, 0.2) is 0 Å². The van der Waals surface area contributed by atoms with E-state index >= 15 is 0 Å². The van der Waals surface area contributed by atoms with Crippen LogP contribution < -0.4 is 10.6 Å². The minimum absolute atomic E-state index is 0.0702. The Balaban J connectivity index is 2.14. The van der Waals surface area contributed by atoms with Gasteiger partial charge in [0.1, 0.15) is 0 Å². The van der Waals surface area contributed by atoms with Crippen LogP contribution in [-0.4, -0.2) is 41.3 Å². The van der Waals surface area contributed by atoms with E-state index in [1.165, 1.54) is 6.42 Å². The van der Waals surface area contributed by atoms with E-state index in [4.69, 9.17) is 0 Å². The Morgan fingerprint density at radius 1 is 1.44 bits per heavy atom. The van der Waals surface area contributed by atoms with Crippen LogP contribution >= 0.6 is 11.8 Å². The van der Waals surface area contributed by atoms with Crippen molar-refractivity contribution >= 4 is 17.8 Å². The third-order valence-electron chi connectivity index (χ3n) is 3.41. The number of urea groups is 1. The molecule has 0 aliphatic heterocycles. The van der Waals surface area contributed by atoms with Crippen molar-refractivity contribution < 1.29 is 9.90 Å². The summed E-state index contributed by atoms with van der Waals surface area (Å²) >= 11 is 1.89. The summed E-state index contributed by atoms with van der Waals surface area (Å²) in [5, 5.41) is 15.8. The van der Waals surface area contributed by atoms with Gasteiger partial charge in [-0.15, -0.1) is 0 Å². The van der Waals surface area contributed by atoms with Gasteiger partial charge in [0.25, 0.3) is 0 Å². The predicted octanol–water partition coefficient (Wildman–Crippen LogP) is 1.98. The predicted molar refractivity (Wildman–Crippen MR) is 76.9 cm³/mol. The van der Waals surface area contributed by atoms with E-state index in [0.717, 1.165) is 19.3 Å². The number of carbonyl (C=O) groups is 1. The fraction of sp³-hybridized carbons (Fsp3) is 0.923. The Labute approximate surface area is 114 Å². The Morgan fingerprint density at radius 3 is 2.72 bits per heavy atom. The van der Waals surface area contributed by atoms with Crippen LogP contribution in [0.4, 0.5) is 4.79 Å². The zero-order valence-electron chi connectivity index (χ0n) is 11.6. The quantitative estimate of drug-likeness (QED) is 0.694. The van der Waals surface area contributed by atoms with E-state index in [-0.39, 0.29) is 12.1 Å². The Kier molecular flexibility index (Phi) is 6.86. The van der Waals surface area contributed by atoms with Crippen LogP contribution in [0.3, 0.4) is 0 Å². The number of carbonyl (C=O) groups excluding carboxylic acids is 1. The molecule has 2 amide bonds. The summed E-state index contributed by atoms with van der Waals surface area (Å²) in [4.78, 5) is 11.7. The molecule has 18 heavy (non-hydrogen) atoms. The number of amides is 2. The van der Waals surface area contributed by atoms with E-state index in [0.29, 0.717) is 23.8 Å². The first-order chi connectivity index (χ1) is 8.51. The van der Waals surface area contributed by atoms with Gasteiger partial charge < -0.3 is 15.7 Å². The molecule has 1 saturated carbocycles. The maximum atomic E-state index is 11.7. The smallest absolute Gasteiger partial charge is 0.315 e. The van der Waals surface area contributed by atoms with E-state index < -0.39 is 0 Å². The van der Waals surface area contributed by atoms with Crippen molar-refractivity contribution in [1.82, 2.24) is 10.6 Å². The Morgan fingerprint density at radius 2 is 2.17 bits per heavy atom. The summed E-state index contributed by atoms with van der Waals surface area (Å²) in [6, 6.07) is 0.258. The third kappa shape index (κ3) is 5.96. The molecule has 0 radical (unpaired) electrons. The molecular weight excluding hydrogens is 248 g/mol. The molecule has 0 aromatic heterocycles. The summed E-state index contributed by atoms with van der Waals surface area (Å²) in [6.07, 6.45) is 5.91. The molecule has 0 bridgehead atoms. The number of thioether (sulfide) groups is 1. The topological polar surface area (TPSA) is 61.4 Å². The van der Waals surface area contributed by atoms with Gasteiger partial charge in [-0.3, -0.25) is 0 Å². The van der Waals surface area contributed by atoms with Crippen molar-refractivity contribution in [2.45, 2.75) is 56.9 Å². The lowest BCUT2D eigenvalue weighted by molar-refractivity contribution is 0.163. The molecule has 4 atom stereocenters. The van der Waals surface area contributed by atoms with E-state index in [1.54, 1.807) is 6.92 Å². The molecule has 1 aliphatic rings. The Bertz CT molecular complexity index is 261. The van der Waals surface area contributed by atoms with Gasteiger partial charge in [-0.2, -0.15) is 11.8 Å². The SMILES string of the molecule is CSC1CCC(NC(=O)NCC(C)CC(C)O)C1. The van der Waals surface area contributed by atoms with Crippen molar-refractivity contribution in [3.05, 3.63) is 0 Å². The highest BCUT2D eigenvalue weighted by Crippen LogP contribution is 2.27. The number of aliphatic hydroxyl groups excluding tert-OH is 1. The van der Waals surface area contributed by atoms with E-state index in [9.17, 15) is 9.90 Å². The van der Waals surface area contributed by atoms with Gasteiger partial charge in [0.2, 0.25) is 0 Å². The molecule has 0 aromatic carbocycles. The standard InChI is InChI=1S/C13H26N2O2S/c1-9(6-10(2)16)8-14-13(17)15-11-4-5-12(7-11)18-3/h9-12,16H,4-8H2,1-3H3,(H2,14,15,17). The molecule has 3 N–H and O–H groups in total. The van der Waals surface area contributed by atoms with Gasteiger partial charge in [-0.05, 0) is 44.8 Å². The molecule has 5 heteroatoms. The van der Waals surface area contributed by atoms with Gasteiger partial charge in [-0.1, -0.05) is 6.92 Å². The average molecular weight is 274 g/mol. The maximum absolute atomic E-state index is 11.7. The summed E-state index contributed by atoms with van der Waals surface area (Å²) in [5.74, 6) is 0.304. The molecule has 106 valence electrons. The first kappa shape index (κ1) is 15.6. The minimum atomic E-state index is -0.304. The third-order valence-corrected chi connectivity index (χ3v) is 4.50. The highest BCUT2D eigenvalue weighted by Gasteiger charge is 2.25. The largest absolute Gasteiger partial charge is 0.393 e. The van der Waals surface area contributed by atoms with Crippen LogP contribution in [0, 0.1) is 5.92 Å². The first-order valence-electron chi connectivity index (χ1n) is 6.76. The number of hydrogen-bond acceptors (Lipinski definition) is 3. The van der Waals surface area contributed by atoms with Gasteiger partial charge in [0, 0.05) is 17.8 Å². The number of aliphatic hydroxyl groups is 1. The average Bonchev–Trinajstić information content (AvgIpc) is 2.73. The van der Waals surface area contributed by atoms with E-state index in [1.807, 2.05) is 18.7 Å². The second-order valence-electron chi connectivity index (χ2n) is 5.41. The minimum Gasteiger partial charge on any atom is -0.393 e. The van der Waals surface area contributed by atoms with Gasteiger partial charge in [-0.25, -0.2) is 4.79 Å². The van der Waals surface area contributed by atoms with Gasteiger partial charge in [0.05, 0.1) is 6.10 Å². The van der Waals surface area contributed by atoms with Crippen LogP contribution in [0.15, 0.2) is 0 Å². The molecule has 0 aromatic rings. The van der Waals surface area contributed by atoms with Crippen LogP contribution in [-0.2, 0) is 0 Å². The normalized spacial score (nSPS) is 26.7. The number of nitrogens with one attached hydrogen (secondary N) is 2. The van der Waals surface area contributed by atoms with Crippen molar-refractivity contribution in [2.24, 2.45) is 5.92 Å². The Hall–Kier alpha value is -0.420. The van der Waals surface area contributed by atoms with Crippen LogP contribution in [0.1, 0.15) is 39.5 Å². The first-order valence-corrected chi connectivity index (χ1v) is 8.05. The highest BCUT2D eigenvalue weighted by atomic mass is 32.2. The van der Waals surface area contributed by atoms with Crippen molar-refractivity contribution in [3.8, 4) is 0 Å². The number of rotatable bonds is 6. The maximum Gasteiger partial charge on any atom is 0.315 e. The second kappa shape index (κ2) is 7.89. The summed E-state index contributed by atoms with van der Waals surface area (Å²) in [6.45, 7) is 4.43. The molecule has 4 unspecified atom stereocenters. The van der Waals surface area contributed by atoms with E-state index in [2.05, 4.69) is 16.9 Å². The van der Waals surface area contributed by atoms with Crippen molar-refractivity contribution in [3.63, 3.8) is 0 Å². The summed E-state index contributed by atoms with van der Waals surface area (Å²) < 4.78 is 0. The molecular formula is C13H26N2O2S. The monoisotopic (exact) mass is 274 g/mol. The van der Waals surface area contributed by atoms with Crippen LogP contribution in [0.5, 0.6) is 0 Å².